The molecule has 0 aromatic rings. The summed E-state index contributed by atoms with van der Waals surface area (Å²) in [5.74, 6) is 1.28. The molecule has 0 aromatic carbocycles. The number of nitrogens with one attached hydrogen (secondary N) is 3. The normalized spacial score (nSPS) is 11.8. The maximum absolute atomic E-state index is 5.57. The second-order valence-corrected chi connectivity index (χ2v) is 7.96. The second kappa shape index (κ2) is 21.1. The predicted molar refractivity (Wildman–Crippen MR) is 113 cm³/mol. The van der Waals surface area contributed by atoms with Gasteiger partial charge in [0.25, 0.3) is 0 Å². The highest BCUT2D eigenvalue weighted by Gasteiger charge is 1.95. The van der Waals surface area contributed by atoms with Crippen LogP contribution in [-0.4, -0.2) is 65.7 Å². The predicted octanol–water partition coefficient (Wildman–Crippen LogP) is 3.05. The SMILES string of the molecule is CC(C)COCCCNCCCCCNCCNCCCOCC(C)C. The standard InChI is InChI=1S/C21H47N3O2/c1-20(2)18-25-16-8-12-22-10-6-5-7-11-23-14-15-24-13-9-17-26-19-21(3)4/h20-24H,5-19H2,1-4H3. The zero-order valence-corrected chi connectivity index (χ0v) is 18.1. The van der Waals surface area contributed by atoms with Crippen LogP contribution in [0.1, 0.15) is 59.8 Å². The summed E-state index contributed by atoms with van der Waals surface area (Å²) in [6.07, 6.45) is 6.05. The fourth-order valence-corrected chi connectivity index (χ4v) is 2.47. The van der Waals surface area contributed by atoms with Crippen molar-refractivity contribution in [3.8, 4) is 0 Å². The zero-order valence-electron chi connectivity index (χ0n) is 18.1. The van der Waals surface area contributed by atoms with Crippen molar-refractivity contribution in [3.63, 3.8) is 0 Å². The fraction of sp³-hybridized carbons (Fsp3) is 1.00. The minimum Gasteiger partial charge on any atom is -0.381 e. The van der Waals surface area contributed by atoms with Gasteiger partial charge < -0.3 is 25.4 Å². The molecule has 0 saturated carbocycles. The van der Waals surface area contributed by atoms with Gasteiger partial charge in [-0.25, -0.2) is 0 Å². The topological polar surface area (TPSA) is 54.5 Å². The van der Waals surface area contributed by atoms with Gasteiger partial charge in [-0.05, 0) is 63.7 Å². The third-order valence-electron chi connectivity index (χ3n) is 3.87. The van der Waals surface area contributed by atoms with Crippen LogP contribution in [0.15, 0.2) is 0 Å². The van der Waals surface area contributed by atoms with Crippen LogP contribution in [-0.2, 0) is 9.47 Å². The van der Waals surface area contributed by atoms with Crippen LogP contribution in [0, 0.1) is 11.8 Å². The molecule has 3 N–H and O–H groups in total. The Kier molecular flexibility index (Phi) is 20.9. The summed E-state index contributed by atoms with van der Waals surface area (Å²) in [7, 11) is 0. The number of ether oxygens (including phenoxy) is 2. The van der Waals surface area contributed by atoms with E-state index in [0.29, 0.717) is 11.8 Å². The highest BCUT2D eigenvalue weighted by Crippen LogP contribution is 1.95. The number of hydrogen-bond acceptors (Lipinski definition) is 5. The van der Waals surface area contributed by atoms with Crippen LogP contribution in [0.2, 0.25) is 0 Å². The van der Waals surface area contributed by atoms with Crippen molar-refractivity contribution in [2.75, 3.05) is 65.7 Å². The van der Waals surface area contributed by atoms with Gasteiger partial charge in [-0.2, -0.15) is 0 Å². The molecule has 0 atom stereocenters. The third-order valence-corrected chi connectivity index (χ3v) is 3.87. The van der Waals surface area contributed by atoms with E-state index in [1.807, 2.05) is 0 Å². The smallest absolute Gasteiger partial charge is 0.0489 e. The molecule has 0 spiro atoms. The third kappa shape index (κ3) is 23.8. The van der Waals surface area contributed by atoms with Gasteiger partial charge in [0, 0.05) is 39.5 Å². The Balaban J connectivity index is 2.99. The molecule has 0 bridgehead atoms. The Hall–Kier alpha value is -0.200. The zero-order chi connectivity index (χ0) is 19.3. The van der Waals surface area contributed by atoms with E-state index in [1.54, 1.807) is 0 Å². The van der Waals surface area contributed by atoms with Crippen molar-refractivity contribution in [1.82, 2.24) is 16.0 Å². The van der Waals surface area contributed by atoms with Gasteiger partial charge >= 0.3 is 0 Å². The van der Waals surface area contributed by atoms with E-state index in [9.17, 15) is 0 Å². The van der Waals surface area contributed by atoms with Crippen LogP contribution in [0.5, 0.6) is 0 Å². The molecule has 26 heavy (non-hydrogen) atoms. The Morgan fingerprint density at radius 1 is 0.500 bits per heavy atom. The van der Waals surface area contributed by atoms with Gasteiger partial charge in [-0.1, -0.05) is 34.1 Å². The minimum atomic E-state index is 0.636. The van der Waals surface area contributed by atoms with Crippen LogP contribution >= 0.6 is 0 Å². The summed E-state index contributed by atoms with van der Waals surface area (Å²) in [6.45, 7) is 18.8. The van der Waals surface area contributed by atoms with E-state index in [1.165, 1.54) is 19.3 Å². The van der Waals surface area contributed by atoms with Crippen LogP contribution < -0.4 is 16.0 Å². The van der Waals surface area contributed by atoms with Crippen molar-refractivity contribution in [2.24, 2.45) is 11.8 Å². The molecule has 0 saturated heterocycles. The Bertz CT molecular complexity index is 238. The first kappa shape index (κ1) is 25.8. The molecule has 0 aliphatic heterocycles. The fourth-order valence-electron chi connectivity index (χ4n) is 2.47. The summed E-state index contributed by atoms with van der Waals surface area (Å²) in [5, 5.41) is 10.5. The minimum absolute atomic E-state index is 0.636. The lowest BCUT2D eigenvalue weighted by Gasteiger charge is -2.09. The van der Waals surface area contributed by atoms with E-state index in [2.05, 4.69) is 43.6 Å². The number of unbranched alkanes of at least 4 members (excludes halogenated alkanes) is 2. The average molecular weight is 374 g/mol. The number of rotatable bonds is 21. The Morgan fingerprint density at radius 2 is 0.885 bits per heavy atom. The van der Waals surface area contributed by atoms with Crippen LogP contribution in [0.25, 0.3) is 0 Å². The molecule has 5 heteroatoms. The molecule has 5 nitrogen and oxygen atoms in total. The van der Waals surface area contributed by atoms with Gasteiger partial charge in [0.1, 0.15) is 0 Å². The summed E-state index contributed by atoms with van der Waals surface area (Å²) < 4.78 is 11.1. The summed E-state index contributed by atoms with van der Waals surface area (Å²) in [6, 6.07) is 0. The Morgan fingerprint density at radius 3 is 1.31 bits per heavy atom. The molecule has 0 aromatic heterocycles. The second-order valence-electron chi connectivity index (χ2n) is 7.96. The molecule has 0 heterocycles. The van der Waals surface area contributed by atoms with Gasteiger partial charge in [0.15, 0.2) is 0 Å². The first-order chi connectivity index (χ1) is 12.6. The highest BCUT2D eigenvalue weighted by molar-refractivity contribution is 4.55. The molecule has 0 amide bonds. The molecule has 0 rings (SSSR count). The monoisotopic (exact) mass is 373 g/mol. The molecule has 0 aliphatic carbocycles. The maximum Gasteiger partial charge on any atom is 0.0489 e. The quantitative estimate of drug-likeness (QED) is 0.270. The average Bonchev–Trinajstić information content (AvgIpc) is 2.59. The summed E-state index contributed by atoms with van der Waals surface area (Å²) >= 11 is 0. The molecule has 158 valence electrons. The lowest BCUT2D eigenvalue weighted by molar-refractivity contribution is 0.108. The van der Waals surface area contributed by atoms with Crippen molar-refractivity contribution in [3.05, 3.63) is 0 Å². The van der Waals surface area contributed by atoms with E-state index in [-0.39, 0.29) is 0 Å². The van der Waals surface area contributed by atoms with Gasteiger partial charge in [0.05, 0.1) is 0 Å². The first-order valence-electron chi connectivity index (χ1n) is 10.9. The molecule has 0 aliphatic rings. The molecule has 0 fully saturated rings. The lowest BCUT2D eigenvalue weighted by atomic mass is 10.2. The summed E-state index contributed by atoms with van der Waals surface area (Å²) in [4.78, 5) is 0. The van der Waals surface area contributed by atoms with Gasteiger partial charge in [-0.15, -0.1) is 0 Å². The largest absolute Gasteiger partial charge is 0.381 e. The van der Waals surface area contributed by atoms with Gasteiger partial charge in [0.2, 0.25) is 0 Å². The van der Waals surface area contributed by atoms with Crippen molar-refractivity contribution < 1.29 is 9.47 Å². The first-order valence-corrected chi connectivity index (χ1v) is 10.9. The van der Waals surface area contributed by atoms with Crippen molar-refractivity contribution in [2.45, 2.75) is 59.8 Å². The van der Waals surface area contributed by atoms with Crippen LogP contribution in [0.3, 0.4) is 0 Å². The van der Waals surface area contributed by atoms with Gasteiger partial charge in [-0.3, -0.25) is 0 Å². The van der Waals surface area contributed by atoms with Crippen LogP contribution in [0.4, 0.5) is 0 Å². The molecular weight excluding hydrogens is 326 g/mol. The van der Waals surface area contributed by atoms with Crippen molar-refractivity contribution in [1.29, 1.82) is 0 Å². The molecule has 0 unspecified atom stereocenters. The molecular formula is C21H47N3O2. The lowest BCUT2D eigenvalue weighted by Crippen LogP contribution is -2.29. The van der Waals surface area contributed by atoms with E-state index < -0.39 is 0 Å². The van der Waals surface area contributed by atoms with Crippen molar-refractivity contribution >= 4 is 0 Å². The molecule has 0 radical (unpaired) electrons. The Labute approximate surface area is 163 Å². The van der Waals surface area contributed by atoms with E-state index in [0.717, 1.165) is 78.5 Å². The highest BCUT2D eigenvalue weighted by atomic mass is 16.5. The number of hydrogen-bond donors (Lipinski definition) is 3. The maximum atomic E-state index is 5.57. The van der Waals surface area contributed by atoms with E-state index >= 15 is 0 Å². The summed E-state index contributed by atoms with van der Waals surface area (Å²) in [5.41, 5.74) is 0. The van der Waals surface area contributed by atoms with E-state index in [4.69, 9.17) is 9.47 Å².